The first-order valence-electron chi connectivity index (χ1n) is 8.27. The van der Waals surface area contributed by atoms with Gasteiger partial charge < -0.3 is 19.8 Å². The molecule has 0 atom stereocenters. The van der Waals surface area contributed by atoms with Crippen LogP contribution in [0.3, 0.4) is 0 Å². The van der Waals surface area contributed by atoms with Gasteiger partial charge in [-0.2, -0.15) is 10.4 Å². The summed E-state index contributed by atoms with van der Waals surface area (Å²) in [5.74, 6) is -0.864. The highest BCUT2D eigenvalue weighted by molar-refractivity contribution is 6.44. The molecule has 1 aromatic heterocycles. The maximum absolute atomic E-state index is 11.9. The number of pyridine rings is 1. The molecular weight excluding hydrogens is 437 g/mol. The molecule has 2 aromatic rings. The molecule has 1 amide bonds. The largest absolute Gasteiger partial charge is 0.453 e. The third kappa shape index (κ3) is 5.73. The van der Waals surface area contributed by atoms with Crippen molar-refractivity contribution in [3.63, 3.8) is 0 Å². The number of halogens is 2. The summed E-state index contributed by atoms with van der Waals surface area (Å²) in [6.45, 7) is 3.70. The van der Waals surface area contributed by atoms with Gasteiger partial charge in [-0.05, 0) is 32.0 Å². The number of aromatic nitrogens is 1. The van der Waals surface area contributed by atoms with Gasteiger partial charge in [-0.25, -0.2) is 9.59 Å². The number of nitrogens with zero attached hydrogens (tertiary/aromatic N) is 3. The minimum Gasteiger partial charge on any atom is -0.453 e. The van der Waals surface area contributed by atoms with E-state index in [9.17, 15) is 14.4 Å². The molecule has 0 bridgehead atoms. The average Bonchev–Trinajstić information content (AvgIpc) is 2.65. The van der Waals surface area contributed by atoms with Crippen LogP contribution in [-0.2, 0) is 9.53 Å². The summed E-state index contributed by atoms with van der Waals surface area (Å²) in [5.41, 5.74) is 6.38. The molecule has 30 heavy (non-hydrogen) atoms. The summed E-state index contributed by atoms with van der Waals surface area (Å²) in [6.07, 6.45) is 0.152. The minimum absolute atomic E-state index is 0.0768. The fourth-order valence-electron chi connectivity index (χ4n) is 2.16. The zero-order valence-electron chi connectivity index (χ0n) is 15.7. The fraction of sp³-hybridized carbons (Fsp3) is 0.167. The number of nitrogens with one attached hydrogen (secondary N) is 1. The van der Waals surface area contributed by atoms with Crippen molar-refractivity contribution in [3.8, 4) is 17.6 Å². The van der Waals surface area contributed by atoms with Crippen LogP contribution in [0.1, 0.15) is 19.9 Å². The van der Waals surface area contributed by atoms with E-state index in [2.05, 4.69) is 15.3 Å². The summed E-state index contributed by atoms with van der Waals surface area (Å²) in [4.78, 5) is 33.9. The van der Waals surface area contributed by atoms with E-state index in [0.29, 0.717) is 5.75 Å². The van der Waals surface area contributed by atoms with Crippen molar-refractivity contribution in [1.29, 1.82) is 5.26 Å². The van der Waals surface area contributed by atoms with E-state index in [4.69, 9.17) is 38.9 Å². The van der Waals surface area contributed by atoms with Gasteiger partial charge >= 0.3 is 12.1 Å². The van der Waals surface area contributed by atoms with Gasteiger partial charge in [-0.1, -0.05) is 23.2 Å². The number of nitriles is 1. The van der Waals surface area contributed by atoms with Crippen LogP contribution in [0.5, 0.6) is 11.5 Å². The molecule has 10 nitrogen and oxygen atoms in total. The molecule has 0 aliphatic heterocycles. The van der Waals surface area contributed by atoms with Crippen LogP contribution in [0, 0.1) is 11.3 Å². The van der Waals surface area contributed by atoms with E-state index in [1.807, 2.05) is 13.8 Å². The minimum atomic E-state index is -1.38. The van der Waals surface area contributed by atoms with Gasteiger partial charge in [-0.15, -0.1) is 0 Å². The molecule has 12 heteroatoms. The summed E-state index contributed by atoms with van der Waals surface area (Å²) < 4.78 is 11.3. The lowest BCUT2D eigenvalue weighted by Gasteiger charge is -2.14. The molecule has 0 aliphatic rings. The van der Waals surface area contributed by atoms with Crippen molar-refractivity contribution in [3.05, 3.63) is 50.9 Å². The van der Waals surface area contributed by atoms with Crippen molar-refractivity contribution in [1.82, 2.24) is 4.57 Å². The number of nitrogens with two attached hydrogens (primary N) is 1. The van der Waals surface area contributed by atoms with Crippen molar-refractivity contribution in [2.24, 2.45) is 10.8 Å². The van der Waals surface area contributed by atoms with Gasteiger partial charge in [0.25, 0.3) is 5.56 Å². The Morgan fingerprint density at radius 2 is 1.90 bits per heavy atom. The van der Waals surface area contributed by atoms with Crippen molar-refractivity contribution in [2.45, 2.75) is 19.9 Å². The molecular formula is C18H15Cl2N5O5. The van der Waals surface area contributed by atoms with Crippen LogP contribution in [-0.4, -0.2) is 22.3 Å². The second kappa shape index (κ2) is 9.78. The molecule has 0 unspecified atom stereocenters. The fourth-order valence-corrected chi connectivity index (χ4v) is 2.73. The number of hydrogen-bond acceptors (Lipinski definition) is 8. The molecule has 156 valence electrons. The van der Waals surface area contributed by atoms with E-state index in [0.717, 1.165) is 0 Å². The number of amides is 1. The highest BCUT2D eigenvalue weighted by Crippen LogP contribution is 2.38. The van der Waals surface area contributed by atoms with Gasteiger partial charge in [0.2, 0.25) is 5.71 Å². The third-order valence-electron chi connectivity index (χ3n) is 3.47. The second-order valence-electron chi connectivity index (χ2n) is 5.97. The highest BCUT2D eigenvalue weighted by atomic mass is 35.5. The Labute approximate surface area is 180 Å². The van der Waals surface area contributed by atoms with E-state index in [1.165, 1.54) is 41.1 Å². The Bertz CT molecular complexity index is 1100. The van der Waals surface area contributed by atoms with E-state index < -0.39 is 17.8 Å². The lowest BCUT2D eigenvalue weighted by Crippen LogP contribution is -2.24. The number of carbonyl (C=O) groups excluding carboxylic acids is 2. The smallest absolute Gasteiger partial charge is 0.412 e. The molecule has 2 rings (SSSR count). The Hall–Kier alpha value is -3.55. The van der Waals surface area contributed by atoms with Gasteiger partial charge in [-0.3, -0.25) is 10.2 Å². The lowest BCUT2D eigenvalue weighted by molar-refractivity contribution is -0.129. The zero-order valence-corrected chi connectivity index (χ0v) is 17.2. The number of ether oxygens (including phenoxy) is 2. The monoisotopic (exact) mass is 451 g/mol. The number of esters is 1. The third-order valence-corrected chi connectivity index (χ3v) is 4.04. The summed E-state index contributed by atoms with van der Waals surface area (Å²) in [5, 5.41) is 12.6. The molecule has 0 fully saturated rings. The van der Waals surface area contributed by atoms with Crippen molar-refractivity contribution in [2.75, 3.05) is 5.43 Å². The molecule has 3 N–H and O–H groups in total. The van der Waals surface area contributed by atoms with Gasteiger partial charge in [0.05, 0.1) is 21.9 Å². The predicted octanol–water partition coefficient (Wildman–Crippen LogP) is 3.44. The average molecular weight is 452 g/mol. The molecule has 0 spiro atoms. The van der Waals surface area contributed by atoms with Crippen molar-refractivity contribution < 1.29 is 19.1 Å². The molecule has 0 saturated carbocycles. The molecule has 0 aliphatic carbocycles. The van der Waals surface area contributed by atoms with Gasteiger partial charge in [0, 0.05) is 12.1 Å². The van der Waals surface area contributed by atoms with Crippen LogP contribution >= 0.6 is 23.2 Å². The number of hydrogen-bond donors (Lipinski definition) is 2. The number of anilines is 1. The van der Waals surface area contributed by atoms with Crippen LogP contribution in [0.25, 0.3) is 0 Å². The Morgan fingerprint density at radius 3 is 2.43 bits per heavy atom. The molecule has 0 saturated heterocycles. The van der Waals surface area contributed by atoms with Crippen LogP contribution in [0.15, 0.2) is 40.4 Å². The Kier molecular flexibility index (Phi) is 7.41. The van der Waals surface area contributed by atoms with E-state index in [-0.39, 0.29) is 33.1 Å². The first kappa shape index (κ1) is 22.7. The SMILES string of the molecule is CC(C)n1cc(Oc2c(Cl)cc(N/N=C(\C#N)C(=O)OC(N)=O)cc2Cl)ccc1=O. The highest BCUT2D eigenvalue weighted by Gasteiger charge is 2.16. The second-order valence-corrected chi connectivity index (χ2v) is 6.78. The molecule has 0 radical (unpaired) electrons. The molecule has 1 aromatic carbocycles. The first-order valence-corrected chi connectivity index (χ1v) is 9.02. The topological polar surface area (TPSA) is 149 Å². The quantitative estimate of drug-likeness (QED) is 0.295. The normalized spacial score (nSPS) is 11.0. The number of benzene rings is 1. The predicted molar refractivity (Wildman–Crippen MR) is 110 cm³/mol. The zero-order chi connectivity index (χ0) is 22.4. The standard InChI is InChI=1S/C18H15Cl2N5O5/c1-9(2)25-8-11(3-4-15(25)26)29-16-12(19)5-10(6-13(16)20)23-24-14(7-21)17(27)30-18(22)28/h3-6,8-9,23H,1-2H3,(H2,22,28)/b24-14+. The molecule has 1 heterocycles. The van der Waals surface area contributed by atoms with Gasteiger partial charge in [0.1, 0.15) is 11.8 Å². The maximum atomic E-state index is 11.9. The van der Waals surface area contributed by atoms with Crippen LogP contribution in [0.4, 0.5) is 10.5 Å². The summed E-state index contributed by atoms with van der Waals surface area (Å²) in [6, 6.07) is 6.97. The Balaban J connectivity index is 2.26. The van der Waals surface area contributed by atoms with Crippen LogP contribution in [0.2, 0.25) is 10.0 Å². The number of rotatable bonds is 6. The lowest BCUT2D eigenvalue weighted by atomic mass is 10.3. The number of primary amides is 1. The van der Waals surface area contributed by atoms with E-state index in [1.54, 1.807) is 0 Å². The first-order chi connectivity index (χ1) is 14.1. The summed E-state index contributed by atoms with van der Waals surface area (Å²) in [7, 11) is 0. The van der Waals surface area contributed by atoms with E-state index >= 15 is 0 Å². The maximum Gasteiger partial charge on any atom is 0.412 e. The Morgan fingerprint density at radius 1 is 1.27 bits per heavy atom. The summed E-state index contributed by atoms with van der Waals surface area (Å²) >= 11 is 12.4. The van der Waals surface area contributed by atoms with Gasteiger partial charge in [0.15, 0.2) is 5.75 Å². The van der Waals surface area contributed by atoms with Crippen molar-refractivity contribution >= 4 is 46.7 Å². The number of carbonyl (C=O) groups is 2. The van der Waals surface area contributed by atoms with Crippen LogP contribution < -0.4 is 21.5 Å². The number of hydrazone groups is 1.